The van der Waals surface area contributed by atoms with E-state index in [2.05, 4.69) is 10.5 Å². The van der Waals surface area contributed by atoms with E-state index in [-0.39, 0.29) is 11.3 Å². The third-order valence-electron chi connectivity index (χ3n) is 5.60. The van der Waals surface area contributed by atoms with Crippen LogP contribution in [0.3, 0.4) is 0 Å². The van der Waals surface area contributed by atoms with E-state index in [1.54, 1.807) is 12.1 Å². The SMILES string of the molecule is CCc1onc(-c2ccc(Cl)cc2)c1N[C@@]1(C)C(=O)N2[C@@H](C(=O)O)C(C)(C)S[C@@H]21. The summed E-state index contributed by atoms with van der Waals surface area (Å²) >= 11 is 7.49. The maximum atomic E-state index is 13.1. The molecule has 9 heteroatoms. The number of hydrogen-bond donors (Lipinski definition) is 2. The van der Waals surface area contributed by atoms with Gasteiger partial charge in [0.2, 0.25) is 0 Å². The first-order valence-corrected chi connectivity index (χ1v) is 10.6. The van der Waals surface area contributed by atoms with E-state index in [1.807, 2.05) is 39.8 Å². The third-order valence-corrected chi connectivity index (χ3v) is 7.60. The van der Waals surface area contributed by atoms with Crippen LogP contribution in [-0.4, -0.2) is 48.7 Å². The average Bonchev–Trinajstić information content (AvgIpc) is 3.18. The van der Waals surface area contributed by atoms with E-state index in [0.29, 0.717) is 28.6 Å². The van der Waals surface area contributed by atoms with Crippen LogP contribution >= 0.6 is 23.4 Å². The van der Waals surface area contributed by atoms with Gasteiger partial charge in [-0.2, -0.15) is 0 Å². The topological polar surface area (TPSA) is 95.7 Å². The predicted octanol–water partition coefficient (Wildman–Crippen LogP) is 3.87. The molecule has 154 valence electrons. The lowest BCUT2D eigenvalue weighted by atomic mass is 9.85. The Hall–Kier alpha value is -2.19. The number of benzene rings is 1. The minimum Gasteiger partial charge on any atom is -0.480 e. The highest BCUT2D eigenvalue weighted by atomic mass is 35.5. The molecule has 0 aliphatic carbocycles. The number of thioether (sulfide) groups is 1. The lowest BCUT2D eigenvalue weighted by Gasteiger charge is -2.51. The quantitative estimate of drug-likeness (QED) is 0.688. The fraction of sp³-hybridized carbons (Fsp3) is 0.450. The van der Waals surface area contributed by atoms with Crippen molar-refractivity contribution >= 4 is 40.9 Å². The standard InChI is InChI=1S/C20H22ClN3O4S/c1-5-12-14(13(23-28-12)10-6-8-11(21)9-7-10)22-20(4)17(27)24-15(16(25)26)19(2,3)29-18(20)24/h6-9,15,18,22H,5H2,1-4H3,(H,25,26)/t15-,18+,20-/m0/s1. The smallest absolute Gasteiger partial charge is 0.327 e. The van der Waals surface area contributed by atoms with E-state index in [1.165, 1.54) is 16.7 Å². The predicted molar refractivity (Wildman–Crippen MR) is 112 cm³/mol. The Morgan fingerprint density at radius 2 is 2.00 bits per heavy atom. The zero-order chi connectivity index (χ0) is 21.1. The van der Waals surface area contributed by atoms with Crippen LogP contribution in [0.15, 0.2) is 28.8 Å². The number of anilines is 1. The average molecular weight is 436 g/mol. The largest absolute Gasteiger partial charge is 0.480 e. The Labute approximate surface area is 177 Å². The highest BCUT2D eigenvalue weighted by Gasteiger charge is 2.69. The van der Waals surface area contributed by atoms with Crippen molar-refractivity contribution in [1.82, 2.24) is 10.1 Å². The fourth-order valence-corrected chi connectivity index (χ4v) is 5.87. The molecule has 3 heterocycles. The van der Waals surface area contributed by atoms with Gasteiger partial charge in [-0.25, -0.2) is 4.79 Å². The summed E-state index contributed by atoms with van der Waals surface area (Å²) in [6.45, 7) is 7.47. The number of hydrogen-bond acceptors (Lipinski definition) is 6. The van der Waals surface area contributed by atoms with Crippen molar-refractivity contribution in [2.75, 3.05) is 5.32 Å². The summed E-state index contributed by atoms with van der Waals surface area (Å²) in [6, 6.07) is 6.37. The molecule has 2 aliphatic rings. The second kappa shape index (κ2) is 6.67. The minimum atomic E-state index is -0.985. The Balaban J connectivity index is 1.70. The van der Waals surface area contributed by atoms with Crippen molar-refractivity contribution in [2.45, 2.75) is 55.8 Å². The van der Waals surface area contributed by atoms with Crippen molar-refractivity contribution in [3.8, 4) is 11.3 Å². The molecule has 2 saturated heterocycles. The number of aliphatic carboxylic acids is 1. The lowest BCUT2D eigenvalue weighted by Crippen LogP contribution is -2.75. The number of carbonyl (C=O) groups excluding carboxylic acids is 1. The van der Waals surface area contributed by atoms with Crippen LogP contribution in [0, 0.1) is 0 Å². The molecule has 2 N–H and O–H groups in total. The van der Waals surface area contributed by atoms with Gasteiger partial charge in [0, 0.05) is 21.8 Å². The van der Waals surface area contributed by atoms with E-state index in [0.717, 1.165) is 5.56 Å². The van der Waals surface area contributed by atoms with Gasteiger partial charge in [0.25, 0.3) is 5.91 Å². The lowest BCUT2D eigenvalue weighted by molar-refractivity contribution is -0.163. The molecule has 3 atom stereocenters. The number of nitrogens with zero attached hydrogens (tertiary/aromatic N) is 2. The molecule has 29 heavy (non-hydrogen) atoms. The van der Waals surface area contributed by atoms with Gasteiger partial charge in [-0.1, -0.05) is 35.8 Å². The summed E-state index contributed by atoms with van der Waals surface area (Å²) in [5.41, 5.74) is 1.11. The van der Waals surface area contributed by atoms with Gasteiger partial charge >= 0.3 is 5.97 Å². The molecule has 0 unspecified atom stereocenters. The minimum absolute atomic E-state index is 0.238. The molecular weight excluding hydrogens is 414 g/mol. The van der Waals surface area contributed by atoms with Crippen LogP contribution in [0.5, 0.6) is 0 Å². The summed E-state index contributed by atoms with van der Waals surface area (Å²) in [6.07, 6.45) is 0.595. The number of carboxylic acid groups (broad SMARTS) is 1. The summed E-state index contributed by atoms with van der Waals surface area (Å²) in [5.74, 6) is -0.584. The Kier molecular flexibility index (Phi) is 4.62. The van der Waals surface area contributed by atoms with Gasteiger partial charge in [0.05, 0.1) is 0 Å². The second-order valence-electron chi connectivity index (χ2n) is 8.04. The Bertz CT molecular complexity index is 990. The van der Waals surface area contributed by atoms with E-state index >= 15 is 0 Å². The van der Waals surface area contributed by atoms with Gasteiger partial charge in [-0.3, -0.25) is 4.79 Å². The highest BCUT2D eigenvalue weighted by Crippen LogP contribution is 2.56. The molecule has 1 aromatic heterocycles. The number of β-lactam (4-membered cyclic amide) rings is 1. The molecule has 2 aromatic rings. The summed E-state index contributed by atoms with van der Waals surface area (Å²) in [4.78, 5) is 26.4. The maximum absolute atomic E-state index is 13.1. The molecule has 2 aliphatic heterocycles. The number of rotatable bonds is 5. The van der Waals surface area contributed by atoms with Gasteiger partial charge in [0.15, 0.2) is 5.76 Å². The fourth-order valence-electron chi connectivity index (χ4n) is 4.10. The number of aryl methyl sites for hydroxylation is 1. The first-order valence-electron chi connectivity index (χ1n) is 9.36. The first kappa shape index (κ1) is 20.1. The maximum Gasteiger partial charge on any atom is 0.327 e. The number of carbonyl (C=O) groups is 2. The number of fused-ring (bicyclic) bond motifs is 1. The van der Waals surface area contributed by atoms with Crippen molar-refractivity contribution in [2.24, 2.45) is 0 Å². The van der Waals surface area contributed by atoms with Gasteiger partial charge in [0.1, 0.15) is 28.3 Å². The Morgan fingerprint density at radius 3 is 2.59 bits per heavy atom. The summed E-state index contributed by atoms with van der Waals surface area (Å²) in [5, 5.41) is 17.5. The van der Waals surface area contributed by atoms with Crippen molar-refractivity contribution in [3.63, 3.8) is 0 Å². The molecular formula is C20H22ClN3O4S. The zero-order valence-corrected chi connectivity index (χ0v) is 18.1. The number of halogens is 1. The Morgan fingerprint density at radius 1 is 1.34 bits per heavy atom. The van der Waals surface area contributed by atoms with E-state index < -0.39 is 22.3 Å². The number of aromatic nitrogens is 1. The normalized spacial score (nSPS) is 27.5. The molecule has 0 radical (unpaired) electrons. The van der Waals surface area contributed by atoms with Crippen LogP contribution in [0.4, 0.5) is 5.69 Å². The molecule has 0 saturated carbocycles. The van der Waals surface area contributed by atoms with Crippen LogP contribution in [0.25, 0.3) is 11.3 Å². The number of amides is 1. The van der Waals surface area contributed by atoms with Crippen LogP contribution in [0.2, 0.25) is 5.02 Å². The zero-order valence-electron chi connectivity index (χ0n) is 16.5. The van der Waals surface area contributed by atoms with Gasteiger partial charge in [-0.05, 0) is 32.9 Å². The van der Waals surface area contributed by atoms with Crippen LogP contribution in [-0.2, 0) is 16.0 Å². The van der Waals surface area contributed by atoms with Crippen molar-refractivity contribution < 1.29 is 19.2 Å². The van der Waals surface area contributed by atoms with Gasteiger partial charge in [-0.15, -0.1) is 11.8 Å². The molecule has 0 bridgehead atoms. The monoisotopic (exact) mass is 435 g/mol. The summed E-state index contributed by atoms with van der Waals surface area (Å²) in [7, 11) is 0. The van der Waals surface area contributed by atoms with Crippen molar-refractivity contribution in [1.29, 1.82) is 0 Å². The molecule has 0 spiro atoms. The molecule has 2 fully saturated rings. The van der Waals surface area contributed by atoms with E-state index in [4.69, 9.17) is 16.1 Å². The highest BCUT2D eigenvalue weighted by molar-refractivity contribution is 8.01. The molecule has 7 nitrogen and oxygen atoms in total. The summed E-state index contributed by atoms with van der Waals surface area (Å²) < 4.78 is 4.93. The molecule has 1 amide bonds. The van der Waals surface area contributed by atoms with Crippen LogP contribution in [0.1, 0.15) is 33.5 Å². The van der Waals surface area contributed by atoms with Crippen LogP contribution < -0.4 is 5.32 Å². The number of nitrogens with one attached hydrogen (secondary N) is 1. The van der Waals surface area contributed by atoms with Gasteiger partial charge < -0.3 is 19.8 Å². The van der Waals surface area contributed by atoms with Crippen molar-refractivity contribution in [3.05, 3.63) is 35.0 Å². The second-order valence-corrected chi connectivity index (χ2v) is 10.2. The molecule has 1 aromatic carbocycles. The number of carboxylic acids is 1. The first-order chi connectivity index (χ1) is 13.6. The van der Waals surface area contributed by atoms with E-state index in [9.17, 15) is 14.7 Å². The third kappa shape index (κ3) is 2.92. The molecule has 4 rings (SSSR count).